The van der Waals surface area contributed by atoms with Crippen LogP contribution in [0.4, 0.5) is 11.4 Å². The third-order valence-corrected chi connectivity index (χ3v) is 3.79. The summed E-state index contributed by atoms with van der Waals surface area (Å²) in [7, 11) is 4.52. The van der Waals surface area contributed by atoms with E-state index in [4.69, 9.17) is 14.2 Å². The summed E-state index contributed by atoms with van der Waals surface area (Å²) in [6.45, 7) is 0. The maximum Gasteiger partial charge on any atom is 0.356 e. The number of nitrogens with one attached hydrogen (secondary N) is 1. The van der Waals surface area contributed by atoms with Gasteiger partial charge in [0.25, 0.3) is 0 Å². The van der Waals surface area contributed by atoms with Crippen molar-refractivity contribution in [2.24, 2.45) is 0 Å². The Kier molecular flexibility index (Phi) is 4.70. The molecule has 0 amide bonds. The molecule has 3 rings (SSSR count). The van der Waals surface area contributed by atoms with Crippen LogP contribution in [-0.4, -0.2) is 32.3 Å². The van der Waals surface area contributed by atoms with E-state index in [0.717, 1.165) is 16.8 Å². The predicted octanol–water partition coefficient (Wildman–Crippen LogP) is 3.78. The fourth-order valence-corrected chi connectivity index (χ4v) is 2.53. The van der Waals surface area contributed by atoms with Gasteiger partial charge >= 0.3 is 5.97 Å². The zero-order chi connectivity index (χ0) is 17.8. The maximum absolute atomic E-state index is 11.9. The smallest absolute Gasteiger partial charge is 0.356 e. The molecule has 0 aliphatic rings. The number of hydrogen-bond acceptors (Lipinski definition) is 6. The Bertz CT molecular complexity index is 924. The quantitative estimate of drug-likeness (QED) is 0.714. The number of methoxy groups -OCH3 is 3. The molecule has 128 valence electrons. The fourth-order valence-electron chi connectivity index (χ4n) is 2.53. The number of ether oxygens (including phenoxy) is 3. The largest absolute Gasteiger partial charge is 0.497 e. The lowest BCUT2D eigenvalue weighted by Crippen LogP contribution is -2.06. The van der Waals surface area contributed by atoms with E-state index in [1.807, 2.05) is 36.4 Å². The summed E-state index contributed by atoms with van der Waals surface area (Å²) in [6, 6.07) is 14.7. The Morgan fingerprint density at radius 3 is 2.48 bits per heavy atom. The average molecular weight is 338 g/mol. The molecule has 0 atom stereocenters. The number of anilines is 2. The van der Waals surface area contributed by atoms with E-state index in [1.165, 1.54) is 7.11 Å². The minimum absolute atomic E-state index is 0.233. The monoisotopic (exact) mass is 338 g/mol. The van der Waals surface area contributed by atoms with E-state index >= 15 is 0 Å². The number of aromatic nitrogens is 1. The normalized spacial score (nSPS) is 10.4. The summed E-state index contributed by atoms with van der Waals surface area (Å²) < 4.78 is 15.4. The Balaban J connectivity index is 2.10. The van der Waals surface area contributed by atoms with Gasteiger partial charge in [0, 0.05) is 11.5 Å². The molecule has 1 N–H and O–H groups in total. The van der Waals surface area contributed by atoms with Crippen molar-refractivity contribution >= 4 is 28.2 Å². The van der Waals surface area contributed by atoms with E-state index in [1.54, 1.807) is 26.4 Å². The van der Waals surface area contributed by atoms with Crippen LogP contribution in [0.5, 0.6) is 11.5 Å². The molecule has 0 radical (unpaired) electrons. The first kappa shape index (κ1) is 16.6. The molecule has 0 aliphatic carbocycles. The van der Waals surface area contributed by atoms with Gasteiger partial charge in [-0.3, -0.25) is 0 Å². The van der Waals surface area contributed by atoms with Crippen molar-refractivity contribution in [2.75, 3.05) is 26.6 Å². The number of esters is 1. The highest BCUT2D eigenvalue weighted by molar-refractivity contribution is 5.99. The van der Waals surface area contributed by atoms with Crippen molar-refractivity contribution < 1.29 is 19.0 Å². The lowest BCUT2D eigenvalue weighted by atomic mass is 10.1. The van der Waals surface area contributed by atoms with Gasteiger partial charge in [0.05, 0.1) is 38.2 Å². The number of fused-ring (bicyclic) bond motifs is 1. The first-order chi connectivity index (χ1) is 12.2. The van der Waals surface area contributed by atoms with Gasteiger partial charge in [0.1, 0.15) is 11.5 Å². The van der Waals surface area contributed by atoms with Gasteiger partial charge in [-0.05, 0) is 24.3 Å². The molecule has 0 fully saturated rings. The highest BCUT2D eigenvalue weighted by Gasteiger charge is 2.14. The highest BCUT2D eigenvalue weighted by atomic mass is 16.5. The van der Waals surface area contributed by atoms with Crippen LogP contribution < -0.4 is 14.8 Å². The van der Waals surface area contributed by atoms with E-state index in [0.29, 0.717) is 17.0 Å². The van der Waals surface area contributed by atoms with Gasteiger partial charge < -0.3 is 19.5 Å². The van der Waals surface area contributed by atoms with Gasteiger partial charge in [-0.1, -0.05) is 18.2 Å². The molecule has 3 aromatic rings. The molecule has 0 saturated heterocycles. The minimum atomic E-state index is -0.490. The summed E-state index contributed by atoms with van der Waals surface area (Å²) in [5.74, 6) is 0.826. The average Bonchev–Trinajstić information content (AvgIpc) is 2.67. The van der Waals surface area contributed by atoms with Crippen LogP contribution in [0.2, 0.25) is 0 Å². The number of hydrogen-bond donors (Lipinski definition) is 1. The Morgan fingerprint density at radius 1 is 0.960 bits per heavy atom. The lowest BCUT2D eigenvalue weighted by molar-refractivity contribution is 0.0594. The predicted molar refractivity (Wildman–Crippen MR) is 95.9 cm³/mol. The standard InChI is InChI=1S/C19H18N2O4/c1-23-12-8-9-15(18(10-12)24-2)21-16-11-17(19(22)25-3)20-14-7-5-4-6-13(14)16/h4-11H,1-3H3,(H,20,21). The van der Waals surface area contributed by atoms with Crippen LogP contribution >= 0.6 is 0 Å². The van der Waals surface area contributed by atoms with Gasteiger partial charge in [-0.15, -0.1) is 0 Å². The van der Waals surface area contributed by atoms with Crippen LogP contribution in [0.15, 0.2) is 48.5 Å². The number of nitrogens with zero attached hydrogens (tertiary/aromatic N) is 1. The number of carbonyl (C=O) groups is 1. The second kappa shape index (κ2) is 7.09. The highest BCUT2D eigenvalue weighted by Crippen LogP contribution is 2.34. The second-order valence-corrected chi connectivity index (χ2v) is 5.26. The summed E-state index contributed by atoms with van der Waals surface area (Å²) in [6.07, 6.45) is 0. The number of rotatable bonds is 5. The zero-order valence-corrected chi connectivity index (χ0v) is 14.2. The van der Waals surface area contributed by atoms with E-state index < -0.39 is 5.97 Å². The fraction of sp³-hybridized carbons (Fsp3) is 0.158. The summed E-state index contributed by atoms with van der Waals surface area (Å²) in [5, 5.41) is 4.19. The third-order valence-electron chi connectivity index (χ3n) is 3.79. The lowest BCUT2D eigenvalue weighted by Gasteiger charge is -2.15. The summed E-state index contributed by atoms with van der Waals surface area (Å²) in [5.41, 5.74) is 2.40. The molecule has 2 aromatic carbocycles. The van der Waals surface area contributed by atoms with Crippen molar-refractivity contribution in [3.63, 3.8) is 0 Å². The number of pyridine rings is 1. The molecule has 1 aromatic heterocycles. The molecule has 0 unspecified atom stereocenters. The van der Waals surface area contributed by atoms with E-state index in [9.17, 15) is 4.79 Å². The number of benzene rings is 2. The van der Waals surface area contributed by atoms with Crippen molar-refractivity contribution in [1.82, 2.24) is 4.98 Å². The zero-order valence-electron chi connectivity index (χ0n) is 14.2. The van der Waals surface area contributed by atoms with Gasteiger partial charge in [0.2, 0.25) is 0 Å². The minimum Gasteiger partial charge on any atom is -0.497 e. The first-order valence-electron chi connectivity index (χ1n) is 7.63. The van der Waals surface area contributed by atoms with Crippen molar-refractivity contribution in [3.8, 4) is 11.5 Å². The molecule has 1 heterocycles. The van der Waals surface area contributed by atoms with Crippen LogP contribution in [0, 0.1) is 0 Å². The second-order valence-electron chi connectivity index (χ2n) is 5.26. The molecule has 0 saturated carbocycles. The van der Waals surface area contributed by atoms with E-state index in [2.05, 4.69) is 10.3 Å². The van der Waals surface area contributed by atoms with Crippen molar-refractivity contribution in [1.29, 1.82) is 0 Å². The first-order valence-corrected chi connectivity index (χ1v) is 7.63. The Hall–Kier alpha value is -3.28. The molecule has 25 heavy (non-hydrogen) atoms. The van der Waals surface area contributed by atoms with Crippen molar-refractivity contribution in [2.45, 2.75) is 0 Å². The third kappa shape index (κ3) is 3.33. The molecule has 6 heteroatoms. The van der Waals surface area contributed by atoms with Crippen LogP contribution in [0.3, 0.4) is 0 Å². The molecule has 0 spiro atoms. The molecule has 0 aliphatic heterocycles. The topological polar surface area (TPSA) is 69.7 Å². The SMILES string of the molecule is COC(=O)c1cc(Nc2ccc(OC)cc2OC)c2ccccc2n1. The summed E-state index contributed by atoms with van der Waals surface area (Å²) >= 11 is 0. The van der Waals surface area contributed by atoms with Gasteiger partial charge in [0.15, 0.2) is 5.69 Å². The summed E-state index contributed by atoms with van der Waals surface area (Å²) in [4.78, 5) is 16.3. The molecular formula is C19H18N2O4. The van der Waals surface area contributed by atoms with E-state index in [-0.39, 0.29) is 5.69 Å². The van der Waals surface area contributed by atoms with Crippen molar-refractivity contribution in [3.05, 3.63) is 54.2 Å². The Morgan fingerprint density at radius 2 is 1.76 bits per heavy atom. The molecule has 0 bridgehead atoms. The van der Waals surface area contributed by atoms with Crippen LogP contribution in [0.25, 0.3) is 10.9 Å². The van der Waals surface area contributed by atoms with Crippen LogP contribution in [0.1, 0.15) is 10.5 Å². The number of carbonyl (C=O) groups excluding carboxylic acids is 1. The van der Waals surface area contributed by atoms with Gasteiger partial charge in [-0.25, -0.2) is 9.78 Å². The Labute approximate surface area is 145 Å². The van der Waals surface area contributed by atoms with Gasteiger partial charge in [-0.2, -0.15) is 0 Å². The van der Waals surface area contributed by atoms with Crippen LogP contribution in [-0.2, 0) is 4.74 Å². The number of para-hydroxylation sites is 1. The molecular weight excluding hydrogens is 320 g/mol. The maximum atomic E-state index is 11.9. The molecule has 6 nitrogen and oxygen atoms in total.